The molecule has 0 spiro atoms. The van der Waals surface area contributed by atoms with Gasteiger partial charge in [0.05, 0.1) is 30.6 Å². The van der Waals surface area contributed by atoms with Crippen LogP contribution in [0.25, 0.3) is 0 Å². The second-order valence-corrected chi connectivity index (χ2v) is 8.25. The number of anilines is 2. The van der Waals surface area contributed by atoms with Crippen molar-refractivity contribution in [2.75, 3.05) is 23.9 Å². The number of rotatable bonds is 5. The minimum absolute atomic E-state index is 0.0893. The van der Waals surface area contributed by atoms with Gasteiger partial charge in [-0.15, -0.1) is 0 Å². The third-order valence-electron chi connectivity index (χ3n) is 5.71. The van der Waals surface area contributed by atoms with Crippen LogP contribution in [0.2, 0.25) is 0 Å². The summed E-state index contributed by atoms with van der Waals surface area (Å²) in [5, 5.41) is 3.00. The molecule has 0 atom stereocenters. The summed E-state index contributed by atoms with van der Waals surface area (Å²) in [6, 6.07) is 18.9. The number of hydrogen-bond acceptors (Lipinski definition) is 4. The minimum atomic E-state index is -0.249. The highest BCUT2D eigenvalue weighted by atomic mass is 16.5. The maximum atomic E-state index is 13.3. The van der Waals surface area contributed by atoms with Gasteiger partial charge in [-0.25, -0.2) is 0 Å². The van der Waals surface area contributed by atoms with Crippen molar-refractivity contribution in [3.8, 4) is 5.75 Å². The first-order chi connectivity index (χ1) is 15.9. The van der Waals surface area contributed by atoms with Crippen LogP contribution in [0, 0.1) is 20.8 Å². The fourth-order valence-electron chi connectivity index (χ4n) is 4.17. The first-order valence-corrected chi connectivity index (χ1v) is 10.8. The number of hydrogen-bond donors (Lipinski definition) is 1. The van der Waals surface area contributed by atoms with Crippen LogP contribution >= 0.6 is 0 Å². The highest BCUT2D eigenvalue weighted by Gasteiger charge is 2.27. The standard InChI is InChI=1S/C27H27N3O3/c1-17-13-18(2)27(19(3)14-17)29-25(31)16-30-24-8-6-5-7-22(24)28-23(15-26(30)32)20-9-11-21(33-4)12-10-20/h5-14H,15-16H2,1-4H3,(H,29,31). The molecule has 168 valence electrons. The molecule has 3 aromatic carbocycles. The monoisotopic (exact) mass is 441 g/mol. The zero-order chi connectivity index (χ0) is 23.5. The van der Waals surface area contributed by atoms with Crippen molar-refractivity contribution in [3.63, 3.8) is 0 Å². The topological polar surface area (TPSA) is 71.0 Å². The molecular formula is C27H27N3O3. The molecule has 0 radical (unpaired) electrons. The number of fused-ring (bicyclic) bond motifs is 1. The van der Waals surface area contributed by atoms with Gasteiger partial charge in [-0.05, 0) is 73.9 Å². The molecule has 6 heteroatoms. The molecular weight excluding hydrogens is 414 g/mol. The van der Waals surface area contributed by atoms with Gasteiger partial charge in [0, 0.05) is 5.69 Å². The van der Waals surface area contributed by atoms with E-state index in [0.717, 1.165) is 33.7 Å². The van der Waals surface area contributed by atoms with Crippen LogP contribution in [0.4, 0.5) is 17.1 Å². The smallest absolute Gasteiger partial charge is 0.244 e. The van der Waals surface area contributed by atoms with Crippen LogP contribution < -0.4 is 15.0 Å². The first kappa shape index (κ1) is 22.3. The maximum Gasteiger partial charge on any atom is 0.244 e. The van der Waals surface area contributed by atoms with E-state index in [1.807, 2.05) is 81.4 Å². The summed E-state index contributed by atoms with van der Waals surface area (Å²) < 4.78 is 5.23. The van der Waals surface area contributed by atoms with Crippen molar-refractivity contribution in [2.45, 2.75) is 27.2 Å². The van der Waals surface area contributed by atoms with Crippen molar-refractivity contribution in [1.82, 2.24) is 0 Å². The Bertz CT molecular complexity index is 1220. The third kappa shape index (κ3) is 4.80. The van der Waals surface area contributed by atoms with E-state index in [2.05, 4.69) is 5.32 Å². The Kier molecular flexibility index (Phi) is 6.27. The molecule has 33 heavy (non-hydrogen) atoms. The number of carbonyl (C=O) groups excluding carboxylic acids is 2. The van der Waals surface area contributed by atoms with E-state index in [-0.39, 0.29) is 24.8 Å². The normalized spacial score (nSPS) is 13.2. The van der Waals surface area contributed by atoms with E-state index in [1.165, 1.54) is 4.90 Å². The molecule has 0 saturated carbocycles. The quantitative estimate of drug-likeness (QED) is 0.598. The van der Waals surface area contributed by atoms with Crippen molar-refractivity contribution >= 4 is 34.6 Å². The average Bonchev–Trinajstić information content (AvgIpc) is 2.93. The van der Waals surface area contributed by atoms with E-state index in [9.17, 15) is 9.59 Å². The molecule has 0 aromatic heterocycles. The van der Waals surface area contributed by atoms with E-state index in [1.54, 1.807) is 7.11 Å². The number of aryl methyl sites for hydroxylation is 3. The number of amides is 2. The predicted octanol–water partition coefficient (Wildman–Crippen LogP) is 5.12. The molecule has 1 aliphatic rings. The third-order valence-corrected chi connectivity index (χ3v) is 5.71. The highest BCUT2D eigenvalue weighted by Crippen LogP contribution is 2.33. The van der Waals surface area contributed by atoms with Crippen LogP contribution in [0.3, 0.4) is 0 Å². The summed E-state index contributed by atoms with van der Waals surface area (Å²) in [4.78, 5) is 32.6. The molecule has 3 aromatic rings. The first-order valence-electron chi connectivity index (χ1n) is 10.8. The summed E-state index contributed by atoms with van der Waals surface area (Å²) in [5.74, 6) is 0.308. The van der Waals surface area contributed by atoms with Gasteiger partial charge < -0.3 is 15.0 Å². The second kappa shape index (κ2) is 9.28. The van der Waals surface area contributed by atoms with Crippen LogP contribution in [-0.2, 0) is 9.59 Å². The average molecular weight is 442 g/mol. The Labute approximate surface area is 193 Å². The second-order valence-electron chi connectivity index (χ2n) is 8.25. The van der Waals surface area contributed by atoms with Gasteiger partial charge in [0.15, 0.2) is 0 Å². The Morgan fingerprint density at radius 2 is 1.70 bits per heavy atom. The Morgan fingerprint density at radius 3 is 2.36 bits per heavy atom. The lowest BCUT2D eigenvalue weighted by atomic mass is 10.1. The van der Waals surface area contributed by atoms with Crippen LogP contribution in [0.15, 0.2) is 65.7 Å². The van der Waals surface area contributed by atoms with E-state index < -0.39 is 0 Å². The highest BCUT2D eigenvalue weighted by molar-refractivity contribution is 6.19. The molecule has 1 heterocycles. The summed E-state index contributed by atoms with van der Waals surface area (Å²) in [6.07, 6.45) is 0.0941. The fraction of sp³-hybridized carbons (Fsp3) is 0.222. The molecule has 1 N–H and O–H groups in total. The Hall–Kier alpha value is -3.93. The predicted molar refractivity (Wildman–Crippen MR) is 132 cm³/mol. The minimum Gasteiger partial charge on any atom is -0.497 e. The molecule has 4 rings (SSSR count). The van der Waals surface area contributed by atoms with Gasteiger partial charge in [0.1, 0.15) is 12.3 Å². The zero-order valence-corrected chi connectivity index (χ0v) is 19.3. The molecule has 0 saturated heterocycles. The zero-order valence-electron chi connectivity index (χ0n) is 19.3. The summed E-state index contributed by atoms with van der Waals surface area (Å²) in [5.41, 5.74) is 6.70. The summed E-state index contributed by atoms with van der Waals surface area (Å²) >= 11 is 0. The number of methoxy groups -OCH3 is 1. The Morgan fingerprint density at radius 1 is 1.03 bits per heavy atom. The fourth-order valence-corrected chi connectivity index (χ4v) is 4.17. The number of nitrogens with one attached hydrogen (secondary N) is 1. The van der Waals surface area contributed by atoms with Crippen molar-refractivity contribution < 1.29 is 14.3 Å². The largest absolute Gasteiger partial charge is 0.497 e. The van der Waals surface area contributed by atoms with Gasteiger partial charge >= 0.3 is 0 Å². The van der Waals surface area contributed by atoms with Gasteiger partial charge in [0.25, 0.3) is 0 Å². The van der Waals surface area contributed by atoms with Crippen molar-refractivity contribution in [2.24, 2.45) is 4.99 Å². The van der Waals surface area contributed by atoms with Crippen LogP contribution in [0.1, 0.15) is 28.7 Å². The van der Waals surface area contributed by atoms with Gasteiger partial charge in [-0.2, -0.15) is 0 Å². The number of aliphatic imine (C=N–C) groups is 1. The van der Waals surface area contributed by atoms with Crippen LogP contribution in [0.5, 0.6) is 5.75 Å². The number of carbonyl (C=O) groups is 2. The van der Waals surface area contributed by atoms with Crippen molar-refractivity contribution in [1.29, 1.82) is 0 Å². The molecule has 0 fully saturated rings. The van der Waals surface area contributed by atoms with E-state index in [4.69, 9.17) is 9.73 Å². The molecule has 6 nitrogen and oxygen atoms in total. The van der Waals surface area contributed by atoms with Crippen molar-refractivity contribution in [3.05, 3.63) is 82.9 Å². The lowest BCUT2D eigenvalue weighted by Gasteiger charge is -2.22. The molecule has 0 aliphatic carbocycles. The van der Waals surface area contributed by atoms with Gasteiger partial charge in [-0.3, -0.25) is 14.6 Å². The number of nitrogens with zero attached hydrogens (tertiary/aromatic N) is 2. The molecule has 1 aliphatic heterocycles. The van der Waals surface area contributed by atoms with E-state index in [0.29, 0.717) is 17.1 Å². The number of para-hydroxylation sites is 2. The number of ether oxygens (including phenoxy) is 1. The molecule has 0 unspecified atom stereocenters. The van der Waals surface area contributed by atoms with Gasteiger partial charge in [-0.1, -0.05) is 29.8 Å². The Balaban J connectivity index is 1.61. The molecule has 2 amide bonds. The number of benzene rings is 3. The maximum absolute atomic E-state index is 13.3. The summed E-state index contributed by atoms with van der Waals surface area (Å²) in [6.45, 7) is 5.88. The molecule has 0 bridgehead atoms. The lowest BCUT2D eigenvalue weighted by Crippen LogP contribution is -2.38. The van der Waals surface area contributed by atoms with E-state index >= 15 is 0 Å². The van der Waals surface area contributed by atoms with Crippen LogP contribution in [-0.4, -0.2) is 31.2 Å². The SMILES string of the molecule is COc1ccc(C2=Nc3ccccc3N(CC(=O)Nc3c(C)cc(C)cc3C)C(=O)C2)cc1. The van der Waals surface area contributed by atoms with Gasteiger partial charge in [0.2, 0.25) is 11.8 Å². The lowest BCUT2D eigenvalue weighted by molar-refractivity contribution is -0.120. The summed E-state index contributed by atoms with van der Waals surface area (Å²) in [7, 11) is 1.61.